The monoisotopic (exact) mass is 278 g/mol. The SMILES string of the molecule is CC(C)Cn1ncnc1CC(=O)C1CCCCC1CN. The third-order valence-corrected chi connectivity index (χ3v) is 4.19. The summed E-state index contributed by atoms with van der Waals surface area (Å²) in [4.78, 5) is 16.8. The summed E-state index contributed by atoms with van der Waals surface area (Å²) in [5.74, 6) is 2.07. The minimum absolute atomic E-state index is 0.123. The molecule has 1 saturated carbocycles. The van der Waals surface area contributed by atoms with Gasteiger partial charge in [0, 0.05) is 12.5 Å². The fourth-order valence-electron chi connectivity index (χ4n) is 3.12. The van der Waals surface area contributed by atoms with Crippen molar-refractivity contribution < 1.29 is 4.79 Å². The molecule has 5 nitrogen and oxygen atoms in total. The molecule has 0 aromatic carbocycles. The molecule has 20 heavy (non-hydrogen) atoms. The topological polar surface area (TPSA) is 73.8 Å². The van der Waals surface area contributed by atoms with Crippen LogP contribution in [0.25, 0.3) is 0 Å². The standard InChI is InChI=1S/C15H26N4O/c1-11(2)9-19-15(17-10-18-19)7-14(20)13-6-4-3-5-12(13)8-16/h10-13H,3-9,16H2,1-2H3. The lowest BCUT2D eigenvalue weighted by Gasteiger charge is -2.29. The van der Waals surface area contributed by atoms with E-state index in [4.69, 9.17) is 5.73 Å². The summed E-state index contributed by atoms with van der Waals surface area (Å²) in [7, 11) is 0. The zero-order chi connectivity index (χ0) is 14.5. The average Bonchev–Trinajstić information content (AvgIpc) is 2.85. The molecule has 1 fully saturated rings. The lowest BCUT2D eigenvalue weighted by atomic mass is 9.76. The molecule has 1 heterocycles. The smallest absolute Gasteiger partial charge is 0.143 e. The van der Waals surface area contributed by atoms with Crippen LogP contribution in [0.5, 0.6) is 0 Å². The van der Waals surface area contributed by atoms with Gasteiger partial charge in [-0.15, -0.1) is 0 Å². The second kappa shape index (κ2) is 6.97. The Kier molecular flexibility index (Phi) is 5.29. The number of hydrogen-bond acceptors (Lipinski definition) is 4. The van der Waals surface area contributed by atoms with Crippen LogP contribution in [0.4, 0.5) is 0 Å². The Bertz CT molecular complexity index is 441. The molecule has 1 aromatic heterocycles. The number of carbonyl (C=O) groups excluding carboxylic acids is 1. The van der Waals surface area contributed by atoms with Crippen LogP contribution in [0, 0.1) is 17.8 Å². The van der Waals surface area contributed by atoms with Gasteiger partial charge in [-0.05, 0) is 31.2 Å². The van der Waals surface area contributed by atoms with Crippen LogP contribution >= 0.6 is 0 Å². The highest BCUT2D eigenvalue weighted by Gasteiger charge is 2.30. The van der Waals surface area contributed by atoms with Crippen LogP contribution in [-0.2, 0) is 17.8 Å². The molecule has 1 aromatic rings. The highest BCUT2D eigenvalue weighted by Crippen LogP contribution is 2.30. The van der Waals surface area contributed by atoms with E-state index in [9.17, 15) is 4.79 Å². The second-order valence-electron chi connectivity index (χ2n) is 6.28. The predicted octanol–water partition coefficient (Wildman–Crippen LogP) is 1.81. The van der Waals surface area contributed by atoms with E-state index in [1.807, 2.05) is 4.68 Å². The van der Waals surface area contributed by atoms with Crippen molar-refractivity contribution in [1.82, 2.24) is 14.8 Å². The van der Waals surface area contributed by atoms with Crippen LogP contribution in [-0.4, -0.2) is 27.1 Å². The van der Waals surface area contributed by atoms with Crippen molar-refractivity contribution in [3.8, 4) is 0 Å². The van der Waals surface area contributed by atoms with E-state index in [2.05, 4.69) is 23.9 Å². The van der Waals surface area contributed by atoms with E-state index in [1.165, 1.54) is 6.42 Å². The third-order valence-electron chi connectivity index (χ3n) is 4.19. The Morgan fingerprint density at radius 2 is 2.20 bits per heavy atom. The predicted molar refractivity (Wildman–Crippen MR) is 78.1 cm³/mol. The van der Waals surface area contributed by atoms with Gasteiger partial charge in [-0.1, -0.05) is 26.7 Å². The molecule has 5 heteroatoms. The maximum atomic E-state index is 12.5. The summed E-state index contributed by atoms with van der Waals surface area (Å²) in [5, 5.41) is 4.22. The molecular formula is C15H26N4O. The molecule has 2 N–H and O–H groups in total. The summed E-state index contributed by atoms with van der Waals surface area (Å²) in [5.41, 5.74) is 5.82. The Hall–Kier alpha value is -1.23. The summed E-state index contributed by atoms with van der Waals surface area (Å²) in [6, 6.07) is 0. The lowest BCUT2D eigenvalue weighted by molar-refractivity contribution is -0.125. The Labute approximate surface area is 120 Å². The van der Waals surface area contributed by atoms with Crippen molar-refractivity contribution in [2.45, 2.75) is 52.5 Å². The fraction of sp³-hybridized carbons (Fsp3) is 0.800. The number of hydrogen-bond donors (Lipinski definition) is 1. The number of carbonyl (C=O) groups is 1. The number of nitrogens with zero attached hydrogens (tertiary/aromatic N) is 3. The Morgan fingerprint density at radius 3 is 2.90 bits per heavy atom. The highest BCUT2D eigenvalue weighted by atomic mass is 16.1. The molecule has 2 rings (SSSR count). The van der Waals surface area contributed by atoms with E-state index in [-0.39, 0.29) is 11.7 Å². The van der Waals surface area contributed by atoms with Gasteiger partial charge < -0.3 is 5.73 Å². The van der Waals surface area contributed by atoms with Gasteiger partial charge >= 0.3 is 0 Å². The zero-order valence-corrected chi connectivity index (χ0v) is 12.6. The molecule has 1 aliphatic rings. The first-order chi connectivity index (χ1) is 9.61. The first-order valence-electron chi connectivity index (χ1n) is 7.71. The maximum Gasteiger partial charge on any atom is 0.143 e. The molecule has 0 amide bonds. The van der Waals surface area contributed by atoms with Gasteiger partial charge in [0.15, 0.2) is 0 Å². The molecular weight excluding hydrogens is 252 g/mol. The van der Waals surface area contributed by atoms with Gasteiger partial charge in [0.2, 0.25) is 0 Å². The zero-order valence-electron chi connectivity index (χ0n) is 12.6. The van der Waals surface area contributed by atoms with E-state index < -0.39 is 0 Å². The number of Topliss-reactive ketones (excluding diaryl/α,β-unsaturated/α-hetero) is 1. The summed E-state index contributed by atoms with van der Waals surface area (Å²) in [6.45, 7) is 5.71. The molecule has 1 aliphatic carbocycles. The minimum Gasteiger partial charge on any atom is -0.330 e. The molecule has 0 aliphatic heterocycles. The number of ketones is 1. The van der Waals surface area contributed by atoms with E-state index in [0.29, 0.717) is 24.8 Å². The quantitative estimate of drug-likeness (QED) is 0.861. The maximum absolute atomic E-state index is 12.5. The van der Waals surface area contributed by atoms with Crippen molar-refractivity contribution in [2.24, 2.45) is 23.5 Å². The summed E-state index contributed by atoms with van der Waals surface area (Å²) >= 11 is 0. The normalized spacial score (nSPS) is 23.2. The molecule has 2 atom stereocenters. The fourth-order valence-corrected chi connectivity index (χ4v) is 3.12. The van der Waals surface area contributed by atoms with Crippen molar-refractivity contribution in [3.63, 3.8) is 0 Å². The van der Waals surface area contributed by atoms with Crippen molar-refractivity contribution in [3.05, 3.63) is 12.2 Å². The number of nitrogens with two attached hydrogens (primary N) is 1. The van der Waals surface area contributed by atoms with Crippen LogP contribution in [0.2, 0.25) is 0 Å². The first-order valence-corrected chi connectivity index (χ1v) is 7.71. The van der Waals surface area contributed by atoms with E-state index >= 15 is 0 Å². The van der Waals surface area contributed by atoms with Gasteiger partial charge in [-0.25, -0.2) is 9.67 Å². The number of rotatable bonds is 6. The van der Waals surface area contributed by atoms with Gasteiger partial charge in [0.25, 0.3) is 0 Å². The van der Waals surface area contributed by atoms with Gasteiger partial charge in [-0.2, -0.15) is 5.10 Å². The van der Waals surface area contributed by atoms with Crippen LogP contribution in [0.3, 0.4) is 0 Å². The van der Waals surface area contributed by atoms with Crippen LogP contribution in [0.1, 0.15) is 45.4 Å². The van der Waals surface area contributed by atoms with Crippen molar-refractivity contribution in [2.75, 3.05) is 6.54 Å². The lowest BCUT2D eigenvalue weighted by Crippen LogP contribution is -2.33. The molecule has 112 valence electrons. The third kappa shape index (κ3) is 3.66. The van der Waals surface area contributed by atoms with Crippen molar-refractivity contribution >= 4 is 5.78 Å². The molecule has 0 radical (unpaired) electrons. The Balaban J connectivity index is 2.01. The molecule has 0 saturated heterocycles. The second-order valence-corrected chi connectivity index (χ2v) is 6.28. The molecule has 2 unspecified atom stereocenters. The van der Waals surface area contributed by atoms with Gasteiger partial charge in [0.05, 0.1) is 6.42 Å². The van der Waals surface area contributed by atoms with Gasteiger partial charge in [-0.3, -0.25) is 4.79 Å². The van der Waals surface area contributed by atoms with E-state index in [0.717, 1.165) is 31.6 Å². The largest absolute Gasteiger partial charge is 0.330 e. The number of aromatic nitrogens is 3. The molecule has 0 bridgehead atoms. The van der Waals surface area contributed by atoms with Crippen molar-refractivity contribution in [1.29, 1.82) is 0 Å². The first kappa shape index (κ1) is 15.2. The Morgan fingerprint density at radius 1 is 1.45 bits per heavy atom. The summed E-state index contributed by atoms with van der Waals surface area (Å²) < 4.78 is 1.86. The van der Waals surface area contributed by atoms with Gasteiger partial charge in [0.1, 0.15) is 17.9 Å². The van der Waals surface area contributed by atoms with Crippen LogP contribution < -0.4 is 5.73 Å². The molecule has 0 spiro atoms. The average molecular weight is 278 g/mol. The summed E-state index contributed by atoms with van der Waals surface area (Å²) in [6.07, 6.45) is 6.37. The highest BCUT2D eigenvalue weighted by molar-refractivity contribution is 5.83. The van der Waals surface area contributed by atoms with Crippen LogP contribution in [0.15, 0.2) is 6.33 Å². The van der Waals surface area contributed by atoms with E-state index in [1.54, 1.807) is 6.33 Å². The minimum atomic E-state index is 0.123.